The van der Waals surface area contributed by atoms with E-state index in [0.717, 1.165) is 15.6 Å². The van der Waals surface area contributed by atoms with Gasteiger partial charge in [-0.25, -0.2) is 5.43 Å². The van der Waals surface area contributed by atoms with Crippen LogP contribution in [0.15, 0.2) is 82.4 Å². The van der Waals surface area contributed by atoms with Crippen LogP contribution in [0.5, 0.6) is 5.75 Å². The SMILES string of the molecule is CC(=O)Nc1ccc(/C(C)=N\NC(=O)c2ccc(OCc3ccc(Br)cc3)cc2)cc1. The Bertz CT molecular complexity index is 1080. The molecule has 31 heavy (non-hydrogen) atoms. The van der Waals surface area contributed by atoms with Crippen LogP contribution in [0.25, 0.3) is 0 Å². The van der Waals surface area contributed by atoms with E-state index in [4.69, 9.17) is 4.74 Å². The Morgan fingerprint density at radius 1 is 0.871 bits per heavy atom. The fourth-order valence-corrected chi connectivity index (χ4v) is 2.98. The molecule has 0 fully saturated rings. The average Bonchev–Trinajstić information content (AvgIpc) is 2.77. The van der Waals surface area contributed by atoms with Crippen LogP contribution in [0.1, 0.15) is 35.3 Å². The van der Waals surface area contributed by atoms with E-state index in [9.17, 15) is 9.59 Å². The monoisotopic (exact) mass is 479 g/mol. The first-order chi connectivity index (χ1) is 14.9. The highest BCUT2D eigenvalue weighted by Crippen LogP contribution is 2.16. The molecule has 0 atom stereocenters. The Hall–Kier alpha value is -3.45. The molecule has 0 radical (unpaired) electrons. The smallest absolute Gasteiger partial charge is 0.271 e. The average molecular weight is 480 g/mol. The van der Waals surface area contributed by atoms with E-state index in [-0.39, 0.29) is 11.8 Å². The third-order valence-electron chi connectivity index (χ3n) is 4.38. The van der Waals surface area contributed by atoms with Crippen molar-refractivity contribution < 1.29 is 14.3 Å². The summed E-state index contributed by atoms with van der Waals surface area (Å²) in [7, 11) is 0. The highest BCUT2D eigenvalue weighted by molar-refractivity contribution is 9.10. The van der Waals surface area contributed by atoms with E-state index < -0.39 is 0 Å². The number of carbonyl (C=O) groups is 2. The van der Waals surface area contributed by atoms with Gasteiger partial charge >= 0.3 is 0 Å². The van der Waals surface area contributed by atoms with Crippen molar-refractivity contribution in [3.63, 3.8) is 0 Å². The third-order valence-corrected chi connectivity index (χ3v) is 4.91. The Morgan fingerprint density at radius 2 is 1.48 bits per heavy atom. The molecular weight excluding hydrogens is 458 g/mol. The number of rotatable bonds is 7. The number of anilines is 1. The minimum Gasteiger partial charge on any atom is -0.489 e. The van der Waals surface area contributed by atoms with Gasteiger partial charge in [-0.05, 0) is 66.6 Å². The first kappa shape index (κ1) is 22.2. The maximum atomic E-state index is 12.4. The predicted molar refractivity (Wildman–Crippen MR) is 125 cm³/mol. The minimum atomic E-state index is -0.311. The third kappa shape index (κ3) is 6.79. The molecule has 0 spiro atoms. The number of amides is 2. The molecule has 0 saturated heterocycles. The van der Waals surface area contributed by atoms with Gasteiger partial charge < -0.3 is 10.1 Å². The van der Waals surface area contributed by atoms with Crippen LogP contribution in [0.2, 0.25) is 0 Å². The molecule has 0 aliphatic heterocycles. The number of ether oxygens (including phenoxy) is 1. The standard InChI is InChI=1S/C24H22BrN3O3/c1-16(19-5-11-22(12-6-19)26-17(2)29)27-28-24(30)20-7-13-23(14-8-20)31-15-18-3-9-21(25)10-4-18/h3-14H,15H2,1-2H3,(H,26,29)(H,28,30)/b27-16-. The van der Waals surface area contributed by atoms with Crippen molar-refractivity contribution in [3.8, 4) is 5.75 Å². The molecule has 2 N–H and O–H groups in total. The van der Waals surface area contributed by atoms with Crippen molar-refractivity contribution in [1.29, 1.82) is 0 Å². The number of hydrogen-bond acceptors (Lipinski definition) is 4. The van der Waals surface area contributed by atoms with Crippen LogP contribution in [0.3, 0.4) is 0 Å². The van der Waals surface area contributed by atoms with Gasteiger partial charge in [-0.15, -0.1) is 0 Å². The van der Waals surface area contributed by atoms with E-state index in [2.05, 4.69) is 31.8 Å². The van der Waals surface area contributed by atoms with E-state index in [1.54, 1.807) is 43.3 Å². The van der Waals surface area contributed by atoms with Gasteiger partial charge in [0.15, 0.2) is 0 Å². The molecule has 6 nitrogen and oxygen atoms in total. The Morgan fingerprint density at radius 3 is 2.10 bits per heavy atom. The summed E-state index contributed by atoms with van der Waals surface area (Å²) in [6, 6.07) is 22.0. The van der Waals surface area contributed by atoms with Gasteiger partial charge in [-0.2, -0.15) is 5.10 Å². The molecule has 3 aromatic rings. The molecule has 3 rings (SSSR count). The minimum absolute atomic E-state index is 0.130. The molecule has 0 aliphatic rings. The molecule has 3 aromatic carbocycles. The number of benzene rings is 3. The normalized spacial score (nSPS) is 11.0. The van der Waals surface area contributed by atoms with Gasteiger partial charge in [-0.1, -0.05) is 40.2 Å². The molecule has 0 bridgehead atoms. The topological polar surface area (TPSA) is 79.8 Å². The summed E-state index contributed by atoms with van der Waals surface area (Å²) in [5.74, 6) is 0.238. The van der Waals surface area contributed by atoms with Gasteiger partial charge in [0.1, 0.15) is 12.4 Å². The van der Waals surface area contributed by atoms with Gasteiger partial charge in [0, 0.05) is 22.6 Å². The number of hydrogen-bond donors (Lipinski definition) is 2. The van der Waals surface area contributed by atoms with Crippen LogP contribution in [-0.2, 0) is 11.4 Å². The van der Waals surface area contributed by atoms with E-state index >= 15 is 0 Å². The largest absolute Gasteiger partial charge is 0.489 e. The zero-order chi connectivity index (χ0) is 22.2. The van der Waals surface area contributed by atoms with Crippen molar-refractivity contribution in [2.75, 3.05) is 5.32 Å². The summed E-state index contributed by atoms with van der Waals surface area (Å²) in [5, 5.41) is 6.87. The number of halogens is 1. The number of hydrazone groups is 1. The lowest BCUT2D eigenvalue weighted by molar-refractivity contribution is -0.114. The Balaban J connectivity index is 1.54. The molecule has 0 heterocycles. The molecule has 158 valence electrons. The summed E-state index contributed by atoms with van der Waals surface area (Å²) < 4.78 is 6.78. The second-order valence-corrected chi connectivity index (χ2v) is 7.75. The van der Waals surface area contributed by atoms with Crippen LogP contribution in [0.4, 0.5) is 5.69 Å². The number of carbonyl (C=O) groups excluding carboxylic acids is 2. The predicted octanol–water partition coefficient (Wildman–Crippen LogP) is 5.14. The highest BCUT2D eigenvalue weighted by atomic mass is 79.9. The van der Waals surface area contributed by atoms with Crippen molar-refractivity contribution >= 4 is 39.1 Å². The van der Waals surface area contributed by atoms with Gasteiger partial charge in [0.05, 0.1) is 5.71 Å². The van der Waals surface area contributed by atoms with E-state index in [0.29, 0.717) is 29.3 Å². The van der Waals surface area contributed by atoms with Crippen molar-refractivity contribution in [2.45, 2.75) is 20.5 Å². The summed E-state index contributed by atoms with van der Waals surface area (Å²) in [6.07, 6.45) is 0. The molecule has 0 aromatic heterocycles. The summed E-state index contributed by atoms with van der Waals surface area (Å²) in [4.78, 5) is 23.5. The van der Waals surface area contributed by atoms with Crippen LogP contribution < -0.4 is 15.5 Å². The highest BCUT2D eigenvalue weighted by Gasteiger charge is 2.06. The lowest BCUT2D eigenvalue weighted by Gasteiger charge is -2.08. The quantitative estimate of drug-likeness (QED) is 0.363. The molecular formula is C24H22BrN3O3. The van der Waals surface area contributed by atoms with Gasteiger partial charge in [0.2, 0.25) is 5.91 Å². The summed E-state index contributed by atoms with van der Waals surface area (Å²) >= 11 is 3.41. The zero-order valence-corrected chi connectivity index (χ0v) is 18.8. The maximum absolute atomic E-state index is 12.4. The van der Waals surface area contributed by atoms with Crippen LogP contribution >= 0.6 is 15.9 Å². The van der Waals surface area contributed by atoms with Crippen LogP contribution in [0, 0.1) is 0 Å². The Kier molecular flexibility index (Phi) is 7.56. The van der Waals surface area contributed by atoms with Gasteiger partial charge in [0.25, 0.3) is 5.91 Å². The van der Waals surface area contributed by atoms with Crippen LogP contribution in [-0.4, -0.2) is 17.5 Å². The molecule has 0 saturated carbocycles. The molecule has 7 heteroatoms. The summed E-state index contributed by atoms with van der Waals surface area (Å²) in [5.41, 5.74) is 6.29. The lowest BCUT2D eigenvalue weighted by atomic mass is 10.1. The molecule has 0 unspecified atom stereocenters. The first-order valence-electron chi connectivity index (χ1n) is 9.60. The second-order valence-electron chi connectivity index (χ2n) is 6.84. The zero-order valence-electron chi connectivity index (χ0n) is 17.2. The van der Waals surface area contributed by atoms with Crippen molar-refractivity contribution in [1.82, 2.24) is 5.43 Å². The number of nitrogens with one attached hydrogen (secondary N) is 2. The lowest BCUT2D eigenvalue weighted by Crippen LogP contribution is -2.19. The maximum Gasteiger partial charge on any atom is 0.271 e. The Labute approximate surface area is 189 Å². The first-order valence-corrected chi connectivity index (χ1v) is 10.4. The van der Waals surface area contributed by atoms with Crippen molar-refractivity contribution in [3.05, 3.63) is 94.0 Å². The summed E-state index contributed by atoms with van der Waals surface area (Å²) in [6.45, 7) is 3.70. The molecule has 0 aliphatic carbocycles. The fourth-order valence-electron chi connectivity index (χ4n) is 2.71. The van der Waals surface area contributed by atoms with E-state index in [1.165, 1.54) is 6.92 Å². The van der Waals surface area contributed by atoms with E-state index in [1.807, 2.05) is 36.4 Å². The fraction of sp³-hybridized carbons (Fsp3) is 0.125. The molecule has 2 amide bonds. The van der Waals surface area contributed by atoms with Crippen molar-refractivity contribution in [2.24, 2.45) is 5.10 Å². The van der Waals surface area contributed by atoms with Gasteiger partial charge in [-0.3, -0.25) is 9.59 Å². The number of nitrogens with zero attached hydrogens (tertiary/aromatic N) is 1. The second kappa shape index (κ2) is 10.5.